The van der Waals surface area contributed by atoms with Crippen molar-refractivity contribution in [2.75, 3.05) is 0 Å². The number of rotatable bonds is 5. The Morgan fingerprint density at radius 2 is 1.58 bits per heavy atom. The molecule has 144 valence electrons. The molecule has 1 saturated carbocycles. The first-order chi connectivity index (χ1) is 12.2. The lowest BCUT2D eigenvalue weighted by atomic mass is 9.96. The monoisotopic (exact) mass is 398 g/mol. The standard InChI is InChI=1S/C18H26N2O4S2/c1-4-13-11-12-17(16(6-3)15(13)5-2)26(23,24)18(20-19)25(21,22)14-9-7-8-10-14/h11-12,14H,4-10H2,1-3H3. The number of hydrogen-bond donors (Lipinski definition) is 0. The molecule has 0 unspecified atom stereocenters. The second kappa shape index (κ2) is 8.03. The Bertz CT molecular complexity index is 938. The van der Waals surface area contributed by atoms with Crippen LogP contribution in [-0.4, -0.2) is 31.3 Å². The normalized spacial score (nSPS) is 15.8. The van der Waals surface area contributed by atoms with E-state index in [1.54, 1.807) is 6.07 Å². The highest BCUT2D eigenvalue weighted by molar-refractivity contribution is 8.31. The first-order valence-electron chi connectivity index (χ1n) is 9.10. The Labute approximate surface area is 156 Å². The van der Waals surface area contributed by atoms with Gasteiger partial charge >= 0.3 is 4.38 Å². The zero-order chi connectivity index (χ0) is 19.5. The molecule has 0 bridgehead atoms. The highest BCUT2D eigenvalue weighted by Crippen LogP contribution is 2.31. The Balaban J connectivity index is 2.68. The van der Waals surface area contributed by atoms with Gasteiger partial charge in [0.15, 0.2) is 0 Å². The largest absolute Gasteiger partial charge is 0.499 e. The predicted molar refractivity (Wildman–Crippen MR) is 102 cm³/mol. The first-order valence-corrected chi connectivity index (χ1v) is 12.1. The molecular formula is C18H26N2O4S2. The molecule has 6 nitrogen and oxygen atoms in total. The molecule has 8 heteroatoms. The smallest absolute Gasteiger partial charge is 0.359 e. The van der Waals surface area contributed by atoms with E-state index >= 15 is 0 Å². The number of sulfone groups is 2. The second-order valence-corrected chi connectivity index (χ2v) is 10.8. The summed E-state index contributed by atoms with van der Waals surface area (Å²) < 4.78 is 50.8. The average molecular weight is 399 g/mol. The van der Waals surface area contributed by atoms with Crippen molar-refractivity contribution in [3.05, 3.63) is 34.4 Å². The summed E-state index contributed by atoms with van der Waals surface area (Å²) in [4.78, 5) is 2.70. The maximum absolute atomic E-state index is 13.1. The summed E-state index contributed by atoms with van der Waals surface area (Å²) in [6.45, 7) is 5.78. The second-order valence-electron chi connectivity index (χ2n) is 6.56. The van der Waals surface area contributed by atoms with Gasteiger partial charge in [0.25, 0.3) is 19.7 Å². The molecule has 0 atom stereocenters. The Kier molecular flexibility index (Phi) is 6.42. The third-order valence-electron chi connectivity index (χ3n) is 5.16. The first kappa shape index (κ1) is 20.8. The van der Waals surface area contributed by atoms with Crippen LogP contribution < -0.4 is 0 Å². The van der Waals surface area contributed by atoms with Gasteiger partial charge in [-0.15, -0.1) is 4.79 Å². The van der Waals surface area contributed by atoms with Crippen LogP contribution in [0.3, 0.4) is 0 Å². The highest BCUT2D eigenvalue weighted by atomic mass is 32.3. The molecule has 1 aromatic rings. The number of aryl methyl sites for hydroxylation is 1. The van der Waals surface area contributed by atoms with Crippen molar-refractivity contribution in [3.63, 3.8) is 0 Å². The van der Waals surface area contributed by atoms with E-state index < -0.39 is 29.3 Å². The fraction of sp³-hybridized carbons (Fsp3) is 0.611. The Morgan fingerprint density at radius 1 is 1.00 bits per heavy atom. The number of benzene rings is 1. The van der Waals surface area contributed by atoms with Crippen LogP contribution >= 0.6 is 0 Å². The maximum atomic E-state index is 13.1. The van der Waals surface area contributed by atoms with Crippen molar-refractivity contribution in [1.82, 2.24) is 0 Å². The van der Waals surface area contributed by atoms with Gasteiger partial charge < -0.3 is 5.53 Å². The zero-order valence-electron chi connectivity index (χ0n) is 15.5. The fourth-order valence-corrected chi connectivity index (χ4v) is 8.22. The van der Waals surface area contributed by atoms with Crippen LogP contribution in [0.4, 0.5) is 0 Å². The molecule has 1 aliphatic carbocycles. The van der Waals surface area contributed by atoms with Crippen molar-refractivity contribution in [3.8, 4) is 0 Å². The van der Waals surface area contributed by atoms with Crippen molar-refractivity contribution < 1.29 is 21.6 Å². The van der Waals surface area contributed by atoms with Crippen LogP contribution in [-0.2, 0) is 38.9 Å². The third kappa shape index (κ3) is 3.50. The molecule has 0 aliphatic heterocycles. The van der Waals surface area contributed by atoms with Crippen molar-refractivity contribution >= 4 is 24.1 Å². The van der Waals surface area contributed by atoms with Crippen LogP contribution in [0.5, 0.6) is 0 Å². The minimum absolute atomic E-state index is 0.0663. The molecule has 1 aromatic carbocycles. The van der Waals surface area contributed by atoms with E-state index in [0.29, 0.717) is 31.2 Å². The summed E-state index contributed by atoms with van der Waals surface area (Å²) in [6, 6.07) is 3.17. The molecule has 0 radical (unpaired) electrons. The van der Waals surface area contributed by atoms with Gasteiger partial charge in [0.2, 0.25) is 0 Å². The molecule has 0 aromatic heterocycles. The summed E-state index contributed by atoms with van der Waals surface area (Å²) >= 11 is 0. The highest BCUT2D eigenvalue weighted by Gasteiger charge is 2.48. The quantitative estimate of drug-likeness (QED) is 0.329. The Hall–Kier alpha value is -1.50. The van der Waals surface area contributed by atoms with E-state index in [1.165, 1.54) is 6.07 Å². The van der Waals surface area contributed by atoms with E-state index in [9.17, 15) is 22.4 Å². The molecule has 2 rings (SSSR count). The molecule has 0 saturated heterocycles. The van der Waals surface area contributed by atoms with Gasteiger partial charge in [0.05, 0.1) is 10.1 Å². The Morgan fingerprint density at radius 3 is 2.04 bits per heavy atom. The van der Waals surface area contributed by atoms with Gasteiger partial charge in [-0.25, -0.2) is 16.8 Å². The van der Waals surface area contributed by atoms with Gasteiger partial charge in [-0.1, -0.05) is 39.7 Å². The number of nitrogens with zero attached hydrogens (tertiary/aromatic N) is 2. The topological polar surface area (TPSA) is 105 Å². The maximum Gasteiger partial charge on any atom is 0.499 e. The molecule has 1 aliphatic rings. The van der Waals surface area contributed by atoms with Crippen molar-refractivity contribution in [2.45, 2.75) is 75.9 Å². The van der Waals surface area contributed by atoms with Crippen molar-refractivity contribution in [2.24, 2.45) is 0 Å². The summed E-state index contributed by atoms with van der Waals surface area (Å²) in [5, 5.41) is -0.797. The van der Waals surface area contributed by atoms with E-state index in [-0.39, 0.29) is 4.90 Å². The predicted octanol–water partition coefficient (Wildman–Crippen LogP) is 3.09. The van der Waals surface area contributed by atoms with Crippen LogP contribution in [0.2, 0.25) is 0 Å². The minimum atomic E-state index is -4.43. The molecule has 26 heavy (non-hydrogen) atoms. The molecule has 1 fully saturated rings. The SMILES string of the molecule is CCc1ccc(S(=O)(=O)C(=[N+]=[N-])S(=O)(=O)C2CCCC2)c(CC)c1CC. The van der Waals surface area contributed by atoms with E-state index in [0.717, 1.165) is 30.4 Å². The van der Waals surface area contributed by atoms with Crippen LogP contribution in [0.15, 0.2) is 17.0 Å². The van der Waals surface area contributed by atoms with Gasteiger partial charge in [-0.3, -0.25) is 0 Å². The average Bonchev–Trinajstić information content (AvgIpc) is 3.15. The molecule has 0 amide bonds. The van der Waals surface area contributed by atoms with Crippen LogP contribution in [0, 0.1) is 0 Å². The van der Waals surface area contributed by atoms with E-state index in [1.807, 2.05) is 20.8 Å². The van der Waals surface area contributed by atoms with Crippen LogP contribution in [0.1, 0.15) is 63.1 Å². The van der Waals surface area contributed by atoms with Crippen LogP contribution in [0.25, 0.3) is 5.53 Å². The van der Waals surface area contributed by atoms with Gasteiger partial charge in [-0.05, 0) is 54.9 Å². The lowest BCUT2D eigenvalue weighted by molar-refractivity contribution is 0.00373. The molecule has 0 heterocycles. The lowest BCUT2D eigenvalue weighted by Crippen LogP contribution is -2.33. The van der Waals surface area contributed by atoms with Gasteiger partial charge in [0, 0.05) is 0 Å². The molecule has 0 N–H and O–H groups in total. The molecule has 0 spiro atoms. The van der Waals surface area contributed by atoms with Gasteiger partial charge in [-0.2, -0.15) is 0 Å². The minimum Gasteiger partial charge on any atom is -0.359 e. The van der Waals surface area contributed by atoms with Gasteiger partial charge in [0.1, 0.15) is 0 Å². The zero-order valence-corrected chi connectivity index (χ0v) is 17.2. The number of hydrogen-bond acceptors (Lipinski definition) is 4. The van der Waals surface area contributed by atoms with E-state index in [4.69, 9.17) is 0 Å². The van der Waals surface area contributed by atoms with E-state index in [2.05, 4.69) is 4.79 Å². The summed E-state index contributed by atoms with van der Waals surface area (Å²) in [7, 11) is -8.64. The fourth-order valence-electron chi connectivity index (χ4n) is 3.83. The summed E-state index contributed by atoms with van der Waals surface area (Å²) in [5.41, 5.74) is 11.9. The lowest BCUT2D eigenvalue weighted by Gasteiger charge is -2.16. The summed E-state index contributed by atoms with van der Waals surface area (Å²) in [5.74, 6) is 0. The molecular weight excluding hydrogens is 372 g/mol. The summed E-state index contributed by atoms with van der Waals surface area (Å²) in [6.07, 6.45) is 4.11. The third-order valence-corrected chi connectivity index (χ3v) is 9.93. The van der Waals surface area contributed by atoms with Crippen molar-refractivity contribution in [1.29, 1.82) is 0 Å².